The van der Waals surface area contributed by atoms with Gasteiger partial charge < -0.3 is 9.30 Å². The van der Waals surface area contributed by atoms with Crippen LogP contribution in [0.2, 0.25) is 0 Å². The van der Waals surface area contributed by atoms with Crippen LogP contribution in [0.4, 0.5) is 0 Å². The molecule has 4 rings (SSSR count). The van der Waals surface area contributed by atoms with Crippen LogP contribution >= 0.6 is 0 Å². The molecule has 0 bridgehead atoms. The van der Waals surface area contributed by atoms with Crippen LogP contribution < -0.4 is 0 Å². The van der Waals surface area contributed by atoms with E-state index in [2.05, 4.69) is 26.9 Å². The van der Waals surface area contributed by atoms with E-state index in [9.17, 15) is 9.59 Å². The first-order chi connectivity index (χ1) is 14.0. The molecule has 0 radical (unpaired) electrons. The Kier molecular flexibility index (Phi) is 4.99. The lowest BCUT2D eigenvalue weighted by Gasteiger charge is -2.10. The molecule has 0 aliphatic carbocycles. The summed E-state index contributed by atoms with van der Waals surface area (Å²) in [4.78, 5) is 25.1. The monoisotopic (exact) mass is 387 g/mol. The largest absolute Gasteiger partial charge is 0.452 e. The molecule has 2 aromatic carbocycles. The molecule has 0 unspecified atom stereocenters. The van der Waals surface area contributed by atoms with E-state index in [4.69, 9.17) is 4.74 Å². The first kappa shape index (κ1) is 18.7. The van der Waals surface area contributed by atoms with Crippen molar-refractivity contribution >= 4 is 22.7 Å². The van der Waals surface area contributed by atoms with Gasteiger partial charge in [0.15, 0.2) is 12.3 Å². The summed E-state index contributed by atoms with van der Waals surface area (Å²) in [5.41, 5.74) is 4.50. The fraction of sp³-hybridized carbons (Fsp3) is 0.174. The summed E-state index contributed by atoms with van der Waals surface area (Å²) in [6, 6.07) is 19.2. The van der Waals surface area contributed by atoms with Gasteiger partial charge in [-0.15, -0.1) is 0 Å². The van der Waals surface area contributed by atoms with Gasteiger partial charge in [0.1, 0.15) is 0 Å². The molecule has 1 N–H and O–H groups in total. The number of Topliss-reactive ketones (excluding diaryl/α,β-unsaturated/α-hetero) is 1. The number of ketones is 1. The van der Waals surface area contributed by atoms with Crippen LogP contribution in [-0.4, -0.2) is 33.1 Å². The lowest BCUT2D eigenvalue weighted by Crippen LogP contribution is -2.15. The second-order valence-electron chi connectivity index (χ2n) is 6.97. The number of nitrogens with zero attached hydrogens (tertiary/aromatic N) is 2. The molecule has 4 aromatic rings. The Hall–Kier alpha value is -3.67. The number of rotatable bonds is 6. The molecule has 0 aliphatic heterocycles. The number of benzene rings is 2. The molecule has 0 saturated heterocycles. The minimum Gasteiger partial charge on any atom is -0.452 e. The molecule has 0 atom stereocenters. The highest BCUT2D eigenvalue weighted by atomic mass is 16.5. The number of aryl methyl sites for hydroxylation is 1. The van der Waals surface area contributed by atoms with Crippen molar-refractivity contribution in [3.05, 3.63) is 88.9 Å². The number of nitrogens with one attached hydrogen (secondary N) is 1. The average molecular weight is 387 g/mol. The fourth-order valence-electron chi connectivity index (χ4n) is 3.49. The van der Waals surface area contributed by atoms with Gasteiger partial charge >= 0.3 is 5.97 Å². The predicted molar refractivity (Wildman–Crippen MR) is 110 cm³/mol. The molecule has 2 heterocycles. The number of hydrogen-bond acceptors (Lipinski definition) is 4. The van der Waals surface area contributed by atoms with Gasteiger partial charge in [-0.2, -0.15) is 5.10 Å². The van der Waals surface area contributed by atoms with Gasteiger partial charge in [-0.1, -0.05) is 48.5 Å². The lowest BCUT2D eigenvalue weighted by atomic mass is 10.1. The zero-order valence-electron chi connectivity index (χ0n) is 16.3. The lowest BCUT2D eigenvalue weighted by molar-refractivity contribution is 0.0470. The molecule has 0 spiro atoms. The average Bonchev–Trinajstić information content (AvgIpc) is 3.29. The van der Waals surface area contributed by atoms with E-state index in [0.717, 1.165) is 22.5 Å². The van der Waals surface area contributed by atoms with Crippen molar-refractivity contribution in [2.24, 2.45) is 0 Å². The Morgan fingerprint density at radius 2 is 1.76 bits per heavy atom. The van der Waals surface area contributed by atoms with E-state index < -0.39 is 5.97 Å². The summed E-state index contributed by atoms with van der Waals surface area (Å²) >= 11 is 0. The molecule has 6 heteroatoms. The number of fused-ring (bicyclic) bond motifs is 1. The summed E-state index contributed by atoms with van der Waals surface area (Å²) < 4.78 is 7.34. The molecule has 0 amide bonds. The van der Waals surface area contributed by atoms with E-state index in [1.807, 2.05) is 56.3 Å². The minimum absolute atomic E-state index is 0.183. The molecule has 0 aliphatic rings. The van der Waals surface area contributed by atoms with E-state index >= 15 is 0 Å². The minimum atomic E-state index is -0.617. The van der Waals surface area contributed by atoms with Crippen molar-refractivity contribution in [2.45, 2.75) is 20.4 Å². The first-order valence-corrected chi connectivity index (χ1v) is 9.38. The van der Waals surface area contributed by atoms with Crippen LogP contribution in [-0.2, 0) is 11.3 Å². The van der Waals surface area contributed by atoms with Crippen LogP contribution in [0.3, 0.4) is 0 Å². The number of H-pyrrole nitrogens is 1. The topological polar surface area (TPSA) is 77.0 Å². The number of aromatic amines is 1. The number of carbonyl (C=O) groups is 2. The van der Waals surface area contributed by atoms with E-state index in [0.29, 0.717) is 17.5 Å². The van der Waals surface area contributed by atoms with Gasteiger partial charge in [0.05, 0.1) is 5.52 Å². The molecule has 29 heavy (non-hydrogen) atoms. The Balaban J connectivity index is 1.47. The maximum absolute atomic E-state index is 12.7. The summed E-state index contributed by atoms with van der Waals surface area (Å²) in [7, 11) is 0. The number of para-hydroxylation sites is 1. The van der Waals surface area contributed by atoms with Crippen molar-refractivity contribution in [1.29, 1.82) is 0 Å². The zero-order valence-corrected chi connectivity index (χ0v) is 16.3. The second kappa shape index (κ2) is 7.75. The number of carbonyl (C=O) groups excluding carboxylic acids is 2. The van der Waals surface area contributed by atoms with Gasteiger partial charge in [-0.3, -0.25) is 9.89 Å². The number of ether oxygens (including phenoxy) is 1. The van der Waals surface area contributed by atoms with Crippen LogP contribution in [0.15, 0.2) is 60.7 Å². The van der Waals surface area contributed by atoms with Crippen LogP contribution in [0.1, 0.15) is 37.8 Å². The Morgan fingerprint density at radius 1 is 1.03 bits per heavy atom. The highest BCUT2D eigenvalue weighted by Gasteiger charge is 2.20. The van der Waals surface area contributed by atoms with Crippen molar-refractivity contribution < 1.29 is 14.3 Å². The third kappa shape index (κ3) is 3.69. The quantitative estimate of drug-likeness (QED) is 0.400. The van der Waals surface area contributed by atoms with Gasteiger partial charge in [0.25, 0.3) is 0 Å². The third-order valence-corrected chi connectivity index (χ3v) is 5.06. The second-order valence-corrected chi connectivity index (χ2v) is 6.97. The standard InChI is InChI=1S/C23H21N3O3/c1-15-12-19(16(2)26(15)13-17-8-4-3-5-9-17)21(27)14-29-23(28)22-18-10-6-7-11-20(18)24-25-22/h3-12H,13-14H2,1-2H3,(H,24,25). The summed E-state index contributed by atoms with van der Waals surface area (Å²) in [5, 5.41) is 7.48. The Labute approximate surface area is 168 Å². The highest BCUT2D eigenvalue weighted by Crippen LogP contribution is 2.19. The van der Waals surface area contributed by atoms with Crippen LogP contribution in [0.25, 0.3) is 10.9 Å². The summed E-state index contributed by atoms with van der Waals surface area (Å²) in [6.45, 7) is 4.24. The fourth-order valence-corrected chi connectivity index (χ4v) is 3.49. The third-order valence-electron chi connectivity index (χ3n) is 5.06. The highest BCUT2D eigenvalue weighted by molar-refractivity contribution is 6.04. The van der Waals surface area contributed by atoms with E-state index in [-0.39, 0.29) is 18.1 Å². The van der Waals surface area contributed by atoms with Gasteiger partial charge in [-0.05, 0) is 31.5 Å². The van der Waals surface area contributed by atoms with Gasteiger partial charge in [0.2, 0.25) is 5.78 Å². The Bertz CT molecular complexity index is 1190. The molecular formula is C23H21N3O3. The molecular weight excluding hydrogens is 366 g/mol. The number of hydrogen-bond donors (Lipinski definition) is 1. The van der Waals surface area contributed by atoms with Gasteiger partial charge in [0, 0.05) is 28.9 Å². The Morgan fingerprint density at radius 3 is 2.55 bits per heavy atom. The smallest absolute Gasteiger partial charge is 0.359 e. The molecule has 2 aromatic heterocycles. The summed E-state index contributed by atoms with van der Waals surface area (Å²) in [5.74, 6) is -0.848. The first-order valence-electron chi connectivity index (χ1n) is 9.38. The SMILES string of the molecule is Cc1cc(C(=O)COC(=O)c2n[nH]c3ccccc23)c(C)n1Cc1ccccc1. The normalized spacial score (nSPS) is 11.0. The zero-order chi connectivity index (χ0) is 20.4. The van der Waals surface area contributed by atoms with Crippen molar-refractivity contribution in [3.8, 4) is 0 Å². The molecule has 0 saturated carbocycles. The molecule has 146 valence electrons. The van der Waals surface area contributed by atoms with Crippen LogP contribution in [0, 0.1) is 13.8 Å². The maximum Gasteiger partial charge on any atom is 0.359 e. The predicted octanol–water partition coefficient (Wildman–Crippen LogP) is 4.07. The van der Waals surface area contributed by atoms with Crippen molar-refractivity contribution in [3.63, 3.8) is 0 Å². The van der Waals surface area contributed by atoms with E-state index in [1.165, 1.54) is 0 Å². The molecule has 0 fully saturated rings. The maximum atomic E-state index is 12.7. The van der Waals surface area contributed by atoms with Crippen molar-refractivity contribution in [2.75, 3.05) is 6.61 Å². The number of aromatic nitrogens is 3. The number of esters is 1. The summed E-state index contributed by atoms with van der Waals surface area (Å²) in [6.07, 6.45) is 0. The van der Waals surface area contributed by atoms with E-state index in [1.54, 1.807) is 6.07 Å². The van der Waals surface area contributed by atoms with Gasteiger partial charge in [-0.25, -0.2) is 4.79 Å². The van der Waals surface area contributed by atoms with Crippen molar-refractivity contribution in [1.82, 2.24) is 14.8 Å². The molecule has 6 nitrogen and oxygen atoms in total. The van der Waals surface area contributed by atoms with Crippen LogP contribution in [0.5, 0.6) is 0 Å².